The lowest BCUT2D eigenvalue weighted by molar-refractivity contribution is -0.140. The SMILES string of the molecule is CC/C(C)=C1\C(=N\O)CCC1C(=O)O. The summed E-state index contributed by atoms with van der Waals surface area (Å²) in [5, 5.41) is 20.9. The first-order valence-corrected chi connectivity index (χ1v) is 4.75. The molecule has 0 bridgehead atoms. The van der Waals surface area contributed by atoms with Gasteiger partial charge >= 0.3 is 5.97 Å². The van der Waals surface area contributed by atoms with Gasteiger partial charge in [0.05, 0.1) is 11.6 Å². The minimum absolute atomic E-state index is 0.485. The van der Waals surface area contributed by atoms with Crippen molar-refractivity contribution < 1.29 is 15.1 Å². The summed E-state index contributed by atoms with van der Waals surface area (Å²) in [4.78, 5) is 10.9. The molecule has 2 N–H and O–H groups in total. The van der Waals surface area contributed by atoms with Crippen molar-refractivity contribution in [3.8, 4) is 0 Å². The van der Waals surface area contributed by atoms with E-state index in [0.29, 0.717) is 18.6 Å². The van der Waals surface area contributed by atoms with E-state index in [2.05, 4.69) is 5.16 Å². The Morgan fingerprint density at radius 1 is 1.64 bits per heavy atom. The Balaban J connectivity index is 3.11. The fourth-order valence-corrected chi connectivity index (χ4v) is 1.85. The van der Waals surface area contributed by atoms with Crippen LogP contribution in [-0.2, 0) is 4.79 Å². The minimum atomic E-state index is -0.827. The van der Waals surface area contributed by atoms with Crippen molar-refractivity contribution in [2.24, 2.45) is 11.1 Å². The number of carbonyl (C=O) groups is 1. The van der Waals surface area contributed by atoms with Crippen LogP contribution >= 0.6 is 0 Å². The van der Waals surface area contributed by atoms with Gasteiger partial charge in [0, 0.05) is 0 Å². The quantitative estimate of drug-likeness (QED) is 0.525. The van der Waals surface area contributed by atoms with Crippen molar-refractivity contribution in [3.05, 3.63) is 11.1 Å². The van der Waals surface area contributed by atoms with Gasteiger partial charge in [0.2, 0.25) is 0 Å². The maximum Gasteiger partial charge on any atom is 0.311 e. The molecule has 78 valence electrons. The smallest absolute Gasteiger partial charge is 0.311 e. The molecule has 0 saturated heterocycles. The summed E-state index contributed by atoms with van der Waals surface area (Å²) in [6.07, 6.45) is 1.89. The summed E-state index contributed by atoms with van der Waals surface area (Å²) in [6, 6.07) is 0. The molecule has 0 spiro atoms. The van der Waals surface area contributed by atoms with E-state index in [1.165, 1.54) is 0 Å². The van der Waals surface area contributed by atoms with E-state index in [1.54, 1.807) is 0 Å². The number of nitrogens with zero attached hydrogens (tertiary/aromatic N) is 1. The Hall–Kier alpha value is -1.32. The molecule has 0 aromatic carbocycles. The average Bonchev–Trinajstić information content (AvgIpc) is 2.59. The number of oxime groups is 1. The fourth-order valence-electron chi connectivity index (χ4n) is 1.85. The second-order valence-electron chi connectivity index (χ2n) is 3.52. The molecule has 0 heterocycles. The van der Waals surface area contributed by atoms with Crippen LogP contribution in [-0.4, -0.2) is 22.0 Å². The van der Waals surface area contributed by atoms with Crippen molar-refractivity contribution in [1.29, 1.82) is 0 Å². The highest BCUT2D eigenvalue weighted by atomic mass is 16.4. The van der Waals surface area contributed by atoms with Crippen molar-refractivity contribution >= 4 is 11.7 Å². The third-order valence-electron chi connectivity index (χ3n) is 2.74. The van der Waals surface area contributed by atoms with Gasteiger partial charge in [0.15, 0.2) is 0 Å². The first kappa shape index (κ1) is 10.8. The lowest BCUT2D eigenvalue weighted by Crippen LogP contribution is -2.14. The van der Waals surface area contributed by atoms with E-state index in [1.807, 2.05) is 13.8 Å². The lowest BCUT2D eigenvalue weighted by atomic mass is 9.96. The van der Waals surface area contributed by atoms with Crippen molar-refractivity contribution in [1.82, 2.24) is 0 Å². The van der Waals surface area contributed by atoms with Crippen LogP contribution in [0.25, 0.3) is 0 Å². The second kappa shape index (κ2) is 4.26. The minimum Gasteiger partial charge on any atom is -0.481 e. The molecule has 0 aromatic heterocycles. The zero-order valence-electron chi connectivity index (χ0n) is 8.45. The third-order valence-corrected chi connectivity index (χ3v) is 2.74. The Bertz CT molecular complexity index is 304. The molecule has 0 radical (unpaired) electrons. The molecule has 1 saturated carbocycles. The van der Waals surface area contributed by atoms with E-state index < -0.39 is 11.9 Å². The van der Waals surface area contributed by atoms with Gasteiger partial charge in [-0.3, -0.25) is 4.79 Å². The maximum absolute atomic E-state index is 10.9. The summed E-state index contributed by atoms with van der Waals surface area (Å²) in [6.45, 7) is 3.86. The molecule has 1 unspecified atom stereocenters. The molecule has 4 heteroatoms. The fraction of sp³-hybridized carbons (Fsp3) is 0.600. The number of carboxylic acid groups (broad SMARTS) is 1. The van der Waals surface area contributed by atoms with Crippen LogP contribution in [0.5, 0.6) is 0 Å². The molecule has 0 aromatic rings. The highest BCUT2D eigenvalue weighted by molar-refractivity contribution is 6.07. The molecule has 0 aliphatic heterocycles. The van der Waals surface area contributed by atoms with Crippen LogP contribution in [0.4, 0.5) is 0 Å². The van der Waals surface area contributed by atoms with Gasteiger partial charge in [-0.2, -0.15) is 0 Å². The van der Waals surface area contributed by atoms with Gasteiger partial charge in [-0.25, -0.2) is 0 Å². The summed E-state index contributed by atoms with van der Waals surface area (Å²) in [7, 11) is 0. The predicted octanol–water partition coefficient (Wildman–Crippen LogP) is 2.04. The van der Waals surface area contributed by atoms with Gasteiger partial charge < -0.3 is 10.3 Å². The molecular weight excluding hydrogens is 182 g/mol. The van der Waals surface area contributed by atoms with Crippen LogP contribution < -0.4 is 0 Å². The summed E-state index contributed by atoms with van der Waals surface area (Å²) >= 11 is 0. The largest absolute Gasteiger partial charge is 0.481 e. The predicted molar refractivity (Wildman–Crippen MR) is 52.6 cm³/mol. The van der Waals surface area contributed by atoms with Crippen LogP contribution in [0.3, 0.4) is 0 Å². The average molecular weight is 197 g/mol. The van der Waals surface area contributed by atoms with Crippen LogP contribution in [0, 0.1) is 5.92 Å². The van der Waals surface area contributed by atoms with Crippen molar-refractivity contribution in [3.63, 3.8) is 0 Å². The Labute approximate surface area is 82.9 Å². The normalized spacial score (nSPS) is 28.1. The number of hydrogen-bond acceptors (Lipinski definition) is 3. The van der Waals surface area contributed by atoms with Gasteiger partial charge in [-0.1, -0.05) is 17.7 Å². The molecule has 4 nitrogen and oxygen atoms in total. The summed E-state index contributed by atoms with van der Waals surface area (Å²) in [5.41, 5.74) is 2.27. The zero-order valence-corrected chi connectivity index (χ0v) is 8.45. The molecule has 14 heavy (non-hydrogen) atoms. The first-order chi connectivity index (χ1) is 6.61. The van der Waals surface area contributed by atoms with Gasteiger partial charge in [-0.05, 0) is 31.8 Å². The molecule has 1 aliphatic rings. The highest BCUT2D eigenvalue weighted by Gasteiger charge is 2.33. The number of aliphatic carboxylic acids is 1. The molecular formula is C10H15NO3. The maximum atomic E-state index is 10.9. The van der Waals surface area contributed by atoms with E-state index in [0.717, 1.165) is 17.6 Å². The second-order valence-corrected chi connectivity index (χ2v) is 3.52. The molecule has 1 rings (SSSR count). The standard InChI is InChI=1S/C10H15NO3/c1-3-6(2)9-7(10(12)13)4-5-8(9)11-14/h7,14H,3-5H2,1-2H3,(H,12,13)/b9-6-,11-8+. The lowest BCUT2D eigenvalue weighted by Gasteiger charge is -2.09. The zero-order chi connectivity index (χ0) is 10.7. The summed E-state index contributed by atoms with van der Waals surface area (Å²) in [5.74, 6) is -1.31. The van der Waals surface area contributed by atoms with Crippen LogP contribution in [0.1, 0.15) is 33.1 Å². The highest BCUT2D eigenvalue weighted by Crippen LogP contribution is 2.32. The van der Waals surface area contributed by atoms with E-state index in [-0.39, 0.29) is 0 Å². The molecule has 1 aliphatic carbocycles. The monoisotopic (exact) mass is 197 g/mol. The Kier molecular flexibility index (Phi) is 3.28. The van der Waals surface area contributed by atoms with Crippen LogP contribution in [0.15, 0.2) is 16.3 Å². The van der Waals surface area contributed by atoms with Crippen molar-refractivity contribution in [2.75, 3.05) is 0 Å². The molecule has 1 atom stereocenters. The topological polar surface area (TPSA) is 69.9 Å². The van der Waals surface area contributed by atoms with E-state index in [9.17, 15) is 4.79 Å². The van der Waals surface area contributed by atoms with Gasteiger partial charge in [-0.15, -0.1) is 0 Å². The Morgan fingerprint density at radius 3 is 2.71 bits per heavy atom. The third kappa shape index (κ3) is 1.78. The van der Waals surface area contributed by atoms with Gasteiger partial charge in [0.25, 0.3) is 0 Å². The van der Waals surface area contributed by atoms with E-state index in [4.69, 9.17) is 10.3 Å². The molecule has 1 fully saturated rings. The number of hydrogen-bond donors (Lipinski definition) is 2. The number of rotatable bonds is 2. The van der Waals surface area contributed by atoms with Gasteiger partial charge in [0.1, 0.15) is 0 Å². The Morgan fingerprint density at radius 2 is 2.29 bits per heavy atom. The summed E-state index contributed by atoms with van der Waals surface area (Å²) < 4.78 is 0. The molecule has 0 amide bonds. The number of carboxylic acids is 1. The van der Waals surface area contributed by atoms with Crippen molar-refractivity contribution in [2.45, 2.75) is 33.1 Å². The van der Waals surface area contributed by atoms with Crippen LogP contribution in [0.2, 0.25) is 0 Å². The van der Waals surface area contributed by atoms with E-state index >= 15 is 0 Å². The first-order valence-electron chi connectivity index (χ1n) is 4.75. The number of allylic oxidation sites excluding steroid dienone is 1.